The fourth-order valence-corrected chi connectivity index (χ4v) is 3.97. The molecule has 0 unspecified atom stereocenters. The number of thioether (sulfide) groups is 1. The number of hydrogen-bond acceptors (Lipinski definition) is 2. The first kappa shape index (κ1) is 11.1. The van der Waals surface area contributed by atoms with Crippen LogP contribution in [0.1, 0.15) is 32.1 Å². The van der Waals surface area contributed by atoms with Crippen LogP contribution in [-0.2, 0) is 4.87 Å². The molecular weight excluding hydrogens is 228 g/mol. The van der Waals surface area contributed by atoms with Gasteiger partial charge in [-0.1, -0.05) is 31.4 Å². The Morgan fingerprint density at radius 1 is 1.18 bits per heavy atom. The highest BCUT2D eigenvalue weighted by Crippen LogP contribution is 2.44. The first-order chi connectivity index (χ1) is 8.36. The molecule has 3 rings (SSSR count). The molecule has 0 saturated heterocycles. The summed E-state index contributed by atoms with van der Waals surface area (Å²) in [4.78, 5) is 4.78. The largest absolute Gasteiger partial charge is 0.315 e. The van der Waals surface area contributed by atoms with Gasteiger partial charge in [-0.25, -0.2) is 4.98 Å². The van der Waals surface area contributed by atoms with Gasteiger partial charge in [0.05, 0.1) is 22.2 Å². The molecule has 0 bridgehead atoms. The Morgan fingerprint density at radius 3 is 2.71 bits per heavy atom. The zero-order valence-corrected chi connectivity index (χ0v) is 11.0. The lowest BCUT2D eigenvalue weighted by Crippen LogP contribution is -2.31. The molecule has 0 radical (unpaired) electrons. The predicted octanol–water partition coefficient (Wildman–Crippen LogP) is 4.02. The van der Waals surface area contributed by atoms with Crippen molar-refractivity contribution < 1.29 is 0 Å². The highest BCUT2D eigenvalue weighted by Gasteiger charge is 2.33. The average Bonchev–Trinajstić information content (AvgIpc) is 2.84. The second-order valence-corrected chi connectivity index (χ2v) is 5.98. The maximum atomic E-state index is 4.54. The van der Waals surface area contributed by atoms with Crippen LogP contribution in [0.25, 0.3) is 11.0 Å². The van der Waals surface area contributed by atoms with Crippen LogP contribution in [0.4, 0.5) is 0 Å². The van der Waals surface area contributed by atoms with Crippen LogP contribution in [-0.4, -0.2) is 15.8 Å². The van der Waals surface area contributed by atoms with Gasteiger partial charge < -0.3 is 4.57 Å². The number of benzene rings is 1. The molecule has 0 N–H and O–H groups in total. The van der Waals surface area contributed by atoms with E-state index in [0.29, 0.717) is 0 Å². The topological polar surface area (TPSA) is 17.8 Å². The SMILES string of the molecule is CSC1(n2cnc3ccccc32)CCCCC1. The molecule has 2 nitrogen and oxygen atoms in total. The van der Waals surface area contributed by atoms with Gasteiger partial charge in [-0.15, -0.1) is 11.8 Å². The van der Waals surface area contributed by atoms with Gasteiger partial charge in [0.2, 0.25) is 0 Å². The van der Waals surface area contributed by atoms with Crippen molar-refractivity contribution >= 4 is 22.8 Å². The molecule has 1 heterocycles. The third-order valence-corrected chi connectivity index (χ3v) is 5.27. The lowest BCUT2D eigenvalue weighted by molar-refractivity contribution is 0.318. The van der Waals surface area contributed by atoms with Gasteiger partial charge in [-0.2, -0.15) is 0 Å². The van der Waals surface area contributed by atoms with Crippen molar-refractivity contribution in [3.05, 3.63) is 30.6 Å². The minimum Gasteiger partial charge on any atom is -0.315 e. The average molecular weight is 246 g/mol. The molecule has 0 amide bonds. The second-order valence-electron chi connectivity index (χ2n) is 4.81. The van der Waals surface area contributed by atoms with Gasteiger partial charge in [0.25, 0.3) is 0 Å². The monoisotopic (exact) mass is 246 g/mol. The highest BCUT2D eigenvalue weighted by atomic mass is 32.2. The van der Waals surface area contributed by atoms with E-state index in [9.17, 15) is 0 Å². The number of hydrogen-bond donors (Lipinski definition) is 0. The van der Waals surface area contributed by atoms with E-state index in [1.165, 1.54) is 37.6 Å². The first-order valence-corrected chi connectivity index (χ1v) is 7.56. The molecule has 3 heteroatoms. The molecule has 17 heavy (non-hydrogen) atoms. The third kappa shape index (κ3) is 1.77. The van der Waals surface area contributed by atoms with Crippen molar-refractivity contribution in [3.8, 4) is 0 Å². The summed E-state index contributed by atoms with van der Waals surface area (Å²) in [6, 6.07) is 8.46. The molecule has 1 aromatic carbocycles. The highest BCUT2D eigenvalue weighted by molar-refractivity contribution is 7.99. The van der Waals surface area contributed by atoms with Gasteiger partial charge in [0.15, 0.2) is 0 Å². The molecule has 90 valence electrons. The van der Waals surface area contributed by atoms with Crippen LogP contribution in [0.3, 0.4) is 0 Å². The van der Waals surface area contributed by atoms with E-state index in [4.69, 9.17) is 0 Å². The quantitative estimate of drug-likeness (QED) is 0.796. The Balaban J connectivity index is 2.12. The van der Waals surface area contributed by atoms with Crippen LogP contribution >= 0.6 is 11.8 Å². The molecular formula is C14H18N2S. The molecule has 0 aliphatic heterocycles. The summed E-state index contributed by atoms with van der Waals surface area (Å²) in [7, 11) is 0. The fourth-order valence-electron chi connectivity index (χ4n) is 2.93. The summed E-state index contributed by atoms with van der Waals surface area (Å²) < 4.78 is 2.41. The van der Waals surface area contributed by atoms with Crippen molar-refractivity contribution in [1.82, 2.24) is 9.55 Å². The molecule has 0 spiro atoms. The molecule has 1 saturated carbocycles. The normalized spacial score (nSPS) is 19.6. The molecule has 2 aromatic rings. The Hall–Kier alpha value is -0.960. The molecule has 1 aliphatic rings. The van der Waals surface area contributed by atoms with Gasteiger partial charge in [0.1, 0.15) is 0 Å². The smallest absolute Gasteiger partial charge is 0.0970 e. The van der Waals surface area contributed by atoms with Gasteiger partial charge >= 0.3 is 0 Å². The van der Waals surface area contributed by atoms with Crippen LogP contribution < -0.4 is 0 Å². The standard InChI is InChI=1S/C14H18N2S/c1-17-14(9-5-2-6-10-14)16-11-15-12-7-3-4-8-13(12)16/h3-4,7-8,11H,2,5-6,9-10H2,1H3. The zero-order chi connectivity index (χ0) is 11.7. The van der Waals surface area contributed by atoms with E-state index >= 15 is 0 Å². The Morgan fingerprint density at radius 2 is 1.94 bits per heavy atom. The van der Waals surface area contributed by atoms with Gasteiger partial charge in [0, 0.05) is 0 Å². The van der Waals surface area contributed by atoms with Crippen molar-refractivity contribution in [2.75, 3.05) is 6.26 Å². The van der Waals surface area contributed by atoms with Crippen LogP contribution in [0, 0.1) is 0 Å². The number of rotatable bonds is 2. The van der Waals surface area contributed by atoms with Crippen molar-refractivity contribution in [2.24, 2.45) is 0 Å². The Bertz CT molecular complexity index is 512. The van der Waals surface area contributed by atoms with Gasteiger partial charge in [-0.05, 0) is 31.2 Å². The number of para-hydroxylation sites is 2. The van der Waals surface area contributed by atoms with E-state index in [0.717, 1.165) is 5.52 Å². The van der Waals surface area contributed by atoms with Crippen LogP contribution in [0.2, 0.25) is 0 Å². The number of aromatic nitrogens is 2. The summed E-state index contributed by atoms with van der Waals surface area (Å²) in [5, 5.41) is 0. The minimum atomic E-state index is 0.244. The third-order valence-electron chi connectivity index (χ3n) is 3.91. The Kier molecular flexibility index (Phi) is 2.87. The van der Waals surface area contributed by atoms with Crippen molar-refractivity contribution in [2.45, 2.75) is 37.0 Å². The lowest BCUT2D eigenvalue weighted by Gasteiger charge is -2.37. The molecule has 1 fully saturated rings. The van der Waals surface area contributed by atoms with Crippen molar-refractivity contribution in [1.29, 1.82) is 0 Å². The van der Waals surface area contributed by atoms with E-state index < -0.39 is 0 Å². The molecule has 0 atom stereocenters. The zero-order valence-electron chi connectivity index (χ0n) is 10.2. The van der Waals surface area contributed by atoms with Crippen LogP contribution in [0.15, 0.2) is 30.6 Å². The predicted molar refractivity (Wildman–Crippen MR) is 74.3 cm³/mol. The first-order valence-electron chi connectivity index (χ1n) is 6.33. The van der Waals surface area contributed by atoms with E-state index in [-0.39, 0.29) is 4.87 Å². The summed E-state index contributed by atoms with van der Waals surface area (Å²) in [6.45, 7) is 0. The lowest BCUT2D eigenvalue weighted by atomic mass is 9.94. The van der Waals surface area contributed by atoms with Crippen LogP contribution in [0.5, 0.6) is 0 Å². The maximum Gasteiger partial charge on any atom is 0.0970 e. The summed E-state index contributed by atoms with van der Waals surface area (Å²) in [5.74, 6) is 0. The minimum absolute atomic E-state index is 0.244. The summed E-state index contributed by atoms with van der Waals surface area (Å²) in [6.07, 6.45) is 10.9. The number of fused-ring (bicyclic) bond motifs is 1. The summed E-state index contributed by atoms with van der Waals surface area (Å²) >= 11 is 1.99. The van der Waals surface area contributed by atoms with E-state index in [2.05, 4.69) is 40.1 Å². The summed E-state index contributed by atoms with van der Waals surface area (Å²) in [5.41, 5.74) is 2.40. The fraction of sp³-hybridized carbons (Fsp3) is 0.500. The maximum absolute atomic E-state index is 4.54. The van der Waals surface area contributed by atoms with Gasteiger partial charge in [-0.3, -0.25) is 0 Å². The second kappa shape index (κ2) is 4.37. The molecule has 1 aromatic heterocycles. The number of nitrogens with zero attached hydrogens (tertiary/aromatic N) is 2. The Labute approximate surface area is 106 Å². The number of imidazole rings is 1. The van der Waals surface area contributed by atoms with Crippen molar-refractivity contribution in [3.63, 3.8) is 0 Å². The van der Waals surface area contributed by atoms with E-state index in [1.807, 2.05) is 18.1 Å². The van der Waals surface area contributed by atoms with E-state index in [1.54, 1.807) is 0 Å². The molecule has 1 aliphatic carbocycles.